The summed E-state index contributed by atoms with van der Waals surface area (Å²) in [4.78, 5) is 4.50. The van der Waals surface area contributed by atoms with E-state index in [2.05, 4.69) is 20.3 Å². The molecule has 3 rings (SSSR count). The van der Waals surface area contributed by atoms with E-state index in [1.54, 1.807) is 12.3 Å². The maximum absolute atomic E-state index is 8.73. The molecule has 2 heterocycles. The largest absolute Gasteiger partial charge is 0.409 e. The van der Waals surface area contributed by atoms with Crippen LogP contribution in [0.3, 0.4) is 0 Å². The minimum Gasteiger partial charge on any atom is -0.409 e. The fourth-order valence-electron chi connectivity index (χ4n) is 2.06. The van der Waals surface area contributed by atoms with Gasteiger partial charge in [0.15, 0.2) is 5.82 Å². The van der Waals surface area contributed by atoms with Crippen LogP contribution in [0.25, 0.3) is 16.9 Å². The molecule has 3 N–H and O–H groups in total. The molecule has 0 unspecified atom stereocenters. The molecule has 0 saturated carbocycles. The Morgan fingerprint density at radius 1 is 1.25 bits per heavy atom. The van der Waals surface area contributed by atoms with Gasteiger partial charge in [0.1, 0.15) is 11.7 Å². The van der Waals surface area contributed by atoms with Crippen LogP contribution in [-0.4, -0.2) is 30.8 Å². The fraction of sp³-hybridized carbons (Fsp3) is 0.0769. The molecule has 0 aliphatic rings. The Labute approximate surface area is 114 Å². The van der Waals surface area contributed by atoms with Crippen LogP contribution in [0.4, 0.5) is 0 Å². The van der Waals surface area contributed by atoms with Gasteiger partial charge in [-0.3, -0.25) is 4.57 Å². The number of benzene rings is 1. The zero-order valence-electron chi connectivity index (χ0n) is 10.5. The van der Waals surface area contributed by atoms with E-state index in [9.17, 15) is 0 Å². The van der Waals surface area contributed by atoms with Gasteiger partial charge >= 0.3 is 0 Å². The van der Waals surface area contributed by atoms with E-state index < -0.39 is 0 Å². The van der Waals surface area contributed by atoms with Gasteiger partial charge in [0.05, 0.1) is 17.5 Å². The number of aromatic nitrogens is 4. The number of para-hydroxylation sites is 2. The lowest BCUT2D eigenvalue weighted by Crippen LogP contribution is -2.18. The van der Waals surface area contributed by atoms with E-state index in [0.29, 0.717) is 11.6 Å². The van der Waals surface area contributed by atoms with Crippen molar-refractivity contribution in [3.8, 4) is 5.82 Å². The Bertz CT molecular complexity index is 765. The molecule has 0 amide bonds. The lowest BCUT2D eigenvalue weighted by atomic mass is 10.3. The van der Waals surface area contributed by atoms with E-state index in [-0.39, 0.29) is 12.3 Å². The van der Waals surface area contributed by atoms with Crippen molar-refractivity contribution in [3.63, 3.8) is 0 Å². The summed E-state index contributed by atoms with van der Waals surface area (Å²) in [5, 5.41) is 19.7. The Balaban J connectivity index is 2.23. The monoisotopic (exact) mass is 268 g/mol. The minimum atomic E-state index is 0.0884. The smallest absolute Gasteiger partial charge is 0.161 e. The number of oxime groups is 1. The molecule has 0 spiro atoms. The number of rotatable bonds is 3. The van der Waals surface area contributed by atoms with E-state index >= 15 is 0 Å². The van der Waals surface area contributed by atoms with Crippen molar-refractivity contribution < 1.29 is 5.21 Å². The van der Waals surface area contributed by atoms with Crippen molar-refractivity contribution in [2.24, 2.45) is 10.9 Å². The van der Waals surface area contributed by atoms with Crippen molar-refractivity contribution in [2.75, 3.05) is 0 Å². The Hall–Kier alpha value is -2.96. The summed E-state index contributed by atoms with van der Waals surface area (Å²) in [6.45, 7) is 0. The van der Waals surface area contributed by atoms with Crippen LogP contribution in [-0.2, 0) is 6.42 Å². The number of imidazole rings is 1. The topological polar surface area (TPSA) is 102 Å². The van der Waals surface area contributed by atoms with Crippen LogP contribution in [0.15, 0.2) is 47.8 Å². The molecule has 7 heteroatoms. The second-order valence-corrected chi connectivity index (χ2v) is 4.20. The molecule has 0 bridgehead atoms. The van der Waals surface area contributed by atoms with E-state index in [0.717, 1.165) is 11.0 Å². The number of hydrogen-bond donors (Lipinski definition) is 2. The Morgan fingerprint density at radius 2 is 2.10 bits per heavy atom. The van der Waals surface area contributed by atoms with Crippen molar-refractivity contribution >= 4 is 16.9 Å². The van der Waals surface area contributed by atoms with Crippen LogP contribution in [0, 0.1) is 0 Å². The normalized spacial score (nSPS) is 11.9. The quantitative estimate of drug-likeness (QED) is 0.320. The van der Waals surface area contributed by atoms with Crippen molar-refractivity contribution in [1.82, 2.24) is 19.7 Å². The first-order chi connectivity index (χ1) is 9.79. The second-order valence-electron chi connectivity index (χ2n) is 4.20. The lowest BCUT2D eigenvalue weighted by molar-refractivity contribution is 0.317. The summed E-state index contributed by atoms with van der Waals surface area (Å²) in [7, 11) is 0. The van der Waals surface area contributed by atoms with Gasteiger partial charge in [0.2, 0.25) is 0 Å². The van der Waals surface area contributed by atoms with Gasteiger partial charge in [-0.2, -0.15) is 5.10 Å². The maximum Gasteiger partial charge on any atom is 0.161 e. The highest BCUT2D eigenvalue weighted by Crippen LogP contribution is 2.20. The predicted octanol–water partition coefficient (Wildman–Crippen LogP) is 1.10. The zero-order chi connectivity index (χ0) is 13.9. The molecule has 2 aromatic heterocycles. The van der Waals surface area contributed by atoms with E-state index in [1.165, 1.54) is 0 Å². The van der Waals surface area contributed by atoms with Crippen LogP contribution in [0.1, 0.15) is 5.82 Å². The molecule has 0 atom stereocenters. The molecule has 100 valence electrons. The summed E-state index contributed by atoms with van der Waals surface area (Å²) in [5.74, 6) is 1.37. The molecule has 0 aliphatic carbocycles. The number of amidine groups is 1. The zero-order valence-corrected chi connectivity index (χ0v) is 10.5. The fourth-order valence-corrected chi connectivity index (χ4v) is 2.06. The van der Waals surface area contributed by atoms with Crippen molar-refractivity contribution in [2.45, 2.75) is 6.42 Å². The minimum absolute atomic E-state index is 0.0884. The molecular weight excluding hydrogens is 256 g/mol. The third-order valence-corrected chi connectivity index (χ3v) is 2.89. The Morgan fingerprint density at radius 3 is 2.85 bits per heavy atom. The first-order valence-corrected chi connectivity index (χ1v) is 6.00. The van der Waals surface area contributed by atoms with Gasteiger partial charge in [0.25, 0.3) is 0 Å². The van der Waals surface area contributed by atoms with Gasteiger partial charge in [-0.15, -0.1) is 5.10 Å². The van der Waals surface area contributed by atoms with Gasteiger partial charge in [-0.1, -0.05) is 17.3 Å². The molecule has 7 nitrogen and oxygen atoms in total. The molecule has 0 fully saturated rings. The highest BCUT2D eigenvalue weighted by atomic mass is 16.4. The van der Waals surface area contributed by atoms with Gasteiger partial charge in [-0.25, -0.2) is 4.98 Å². The SMILES string of the molecule is NC(Cc1nc2ccccc2n1-c1cccnn1)=NO. The first-order valence-electron chi connectivity index (χ1n) is 6.00. The molecule has 1 aromatic carbocycles. The number of hydrogen-bond acceptors (Lipinski definition) is 5. The number of nitrogens with two attached hydrogens (primary N) is 1. The summed E-state index contributed by atoms with van der Waals surface area (Å²) in [6, 6.07) is 11.3. The van der Waals surface area contributed by atoms with Crippen LogP contribution in [0.2, 0.25) is 0 Å². The molecule has 0 aliphatic heterocycles. The van der Waals surface area contributed by atoms with Crippen molar-refractivity contribution in [3.05, 3.63) is 48.4 Å². The van der Waals surface area contributed by atoms with Gasteiger partial charge in [-0.05, 0) is 24.3 Å². The predicted molar refractivity (Wildman–Crippen MR) is 73.8 cm³/mol. The second kappa shape index (κ2) is 4.96. The average Bonchev–Trinajstić information content (AvgIpc) is 2.85. The van der Waals surface area contributed by atoms with Crippen LogP contribution >= 0.6 is 0 Å². The molecule has 20 heavy (non-hydrogen) atoms. The summed E-state index contributed by atoms with van der Waals surface area (Å²) >= 11 is 0. The standard InChI is InChI=1S/C13H12N6O/c14-11(18-20)8-13-16-9-4-1-2-5-10(9)19(13)12-6-3-7-15-17-12/h1-7,20H,8H2,(H2,14,18). The van der Waals surface area contributed by atoms with E-state index in [4.69, 9.17) is 10.9 Å². The molecule has 0 radical (unpaired) electrons. The summed E-state index contributed by atoms with van der Waals surface area (Å²) in [6.07, 6.45) is 1.83. The molecule has 0 saturated heterocycles. The first kappa shape index (κ1) is 12.1. The number of nitrogens with zero attached hydrogens (tertiary/aromatic N) is 5. The third kappa shape index (κ3) is 2.05. The summed E-state index contributed by atoms with van der Waals surface area (Å²) in [5.41, 5.74) is 7.30. The lowest BCUT2D eigenvalue weighted by Gasteiger charge is -2.06. The maximum atomic E-state index is 8.73. The van der Waals surface area contributed by atoms with Crippen LogP contribution in [0.5, 0.6) is 0 Å². The molecule has 3 aromatic rings. The van der Waals surface area contributed by atoms with E-state index in [1.807, 2.05) is 34.9 Å². The van der Waals surface area contributed by atoms with Crippen molar-refractivity contribution in [1.29, 1.82) is 0 Å². The van der Waals surface area contributed by atoms with Gasteiger partial charge < -0.3 is 10.9 Å². The molecular formula is C13H12N6O. The number of fused-ring (bicyclic) bond motifs is 1. The van der Waals surface area contributed by atoms with Crippen LogP contribution < -0.4 is 5.73 Å². The third-order valence-electron chi connectivity index (χ3n) is 2.89. The summed E-state index contributed by atoms with van der Waals surface area (Å²) < 4.78 is 1.85. The average molecular weight is 268 g/mol. The highest BCUT2D eigenvalue weighted by Gasteiger charge is 2.14. The highest BCUT2D eigenvalue weighted by molar-refractivity contribution is 5.84. The Kier molecular flexibility index (Phi) is 3.00. The van der Waals surface area contributed by atoms with Gasteiger partial charge in [0, 0.05) is 6.20 Å².